The summed E-state index contributed by atoms with van der Waals surface area (Å²) in [5.41, 5.74) is 14.4. The molecule has 38 heavy (non-hydrogen) atoms. The summed E-state index contributed by atoms with van der Waals surface area (Å²) in [6.45, 7) is 1.73. The molecule has 3 heterocycles. The van der Waals surface area contributed by atoms with Crippen LogP contribution in [0.2, 0.25) is 0 Å². The maximum Gasteiger partial charge on any atom is 0.298 e. The molecular formula is C25H29N9O3S. The highest BCUT2D eigenvalue weighted by Crippen LogP contribution is 2.44. The Bertz CT molecular complexity index is 1450. The Morgan fingerprint density at radius 1 is 0.921 bits per heavy atom. The first-order valence-corrected chi connectivity index (χ1v) is 14.1. The van der Waals surface area contributed by atoms with E-state index in [1.54, 1.807) is 12.4 Å². The zero-order valence-electron chi connectivity index (χ0n) is 21.0. The molecule has 0 unspecified atom stereocenters. The van der Waals surface area contributed by atoms with Gasteiger partial charge in [-0.25, -0.2) is 28.4 Å². The second-order valence-corrected chi connectivity index (χ2v) is 11.5. The van der Waals surface area contributed by atoms with Gasteiger partial charge in [0.2, 0.25) is 16.0 Å². The molecule has 3 aromatic rings. The fourth-order valence-electron chi connectivity index (χ4n) is 4.81. The maximum absolute atomic E-state index is 12.9. The topological polar surface area (TPSA) is 174 Å². The van der Waals surface area contributed by atoms with Gasteiger partial charge >= 0.3 is 0 Å². The van der Waals surface area contributed by atoms with Crippen LogP contribution >= 0.6 is 0 Å². The summed E-state index contributed by atoms with van der Waals surface area (Å²) in [5, 5.41) is 0. The SMILES string of the molecule is CS(=O)(=O)N1CCN(c2cnc(C(=O)N=C(N)C3(c4ccc(-c5cnc(N)nc5)cc4)CCC3)cn2)CC1. The Kier molecular flexibility index (Phi) is 6.80. The maximum atomic E-state index is 12.9. The normalized spacial score (nSPS) is 18.1. The molecule has 5 rings (SSSR count). The molecule has 198 valence electrons. The van der Waals surface area contributed by atoms with Gasteiger partial charge in [0, 0.05) is 44.1 Å². The van der Waals surface area contributed by atoms with Crippen LogP contribution in [0.1, 0.15) is 35.3 Å². The van der Waals surface area contributed by atoms with Gasteiger partial charge in [-0.1, -0.05) is 30.7 Å². The van der Waals surface area contributed by atoms with E-state index in [1.807, 2.05) is 29.2 Å². The number of piperazine rings is 1. The van der Waals surface area contributed by atoms with E-state index in [0.717, 1.165) is 36.0 Å². The molecule has 0 radical (unpaired) electrons. The lowest BCUT2D eigenvalue weighted by Crippen LogP contribution is -2.48. The van der Waals surface area contributed by atoms with Crippen LogP contribution in [0.5, 0.6) is 0 Å². The largest absolute Gasteiger partial charge is 0.386 e. The third kappa shape index (κ3) is 5.07. The highest BCUT2D eigenvalue weighted by atomic mass is 32.2. The molecule has 2 aromatic heterocycles. The molecule has 0 spiro atoms. The number of nitrogens with two attached hydrogens (primary N) is 2. The van der Waals surface area contributed by atoms with Gasteiger partial charge in [0.25, 0.3) is 5.91 Å². The predicted molar refractivity (Wildman–Crippen MR) is 144 cm³/mol. The van der Waals surface area contributed by atoms with Gasteiger partial charge in [-0.3, -0.25) is 4.79 Å². The molecule has 12 nitrogen and oxygen atoms in total. The van der Waals surface area contributed by atoms with Crippen LogP contribution in [-0.4, -0.2) is 76.8 Å². The number of amides is 1. The molecule has 0 atom stereocenters. The fourth-order valence-corrected chi connectivity index (χ4v) is 5.64. The van der Waals surface area contributed by atoms with Crippen LogP contribution in [0, 0.1) is 0 Å². The molecule has 1 aliphatic carbocycles. The van der Waals surface area contributed by atoms with E-state index in [0.29, 0.717) is 32.0 Å². The van der Waals surface area contributed by atoms with Crippen molar-refractivity contribution in [2.24, 2.45) is 10.7 Å². The second-order valence-electron chi connectivity index (χ2n) is 9.55. The number of anilines is 2. The third-order valence-corrected chi connectivity index (χ3v) is 8.55. The Morgan fingerprint density at radius 2 is 1.58 bits per heavy atom. The first kappa shape index (κ1) is 25.7. The number of sulfonamides is 1. The Labute approximate surface area is 220 Å². The first-order valence-electron chi connectivity index (χ1n) is 12.3. The van der Waals surface area contributed by atoms with E-state index in [9.17, 15) is 13.2 Å². The van der Waals surface area contributed by atoms with Crippen LogP contribution in [0.25, 0.3) is 11.1 Å². The molecular weight excluding hydrogens is 506 g/mol. The molecule has 1 saturated heterocycles. The van der Waals surface area contributed by atoms with E-state index < -0.39 is 21.3 Å². The monoisotopic (exact) mass is 535 g/mol. The van der Waals surface area contributed by atoms with Gasteiger partial charge in [0.15, 0.2) is 0 Å². The minimum atomic E-state index is -3.22. The second kappa shape index (κ2) is 10.1. The number of carbonyl (C=O) groups is 1. The molecule has 1 aliphatic heterocycles. The summed E-state index contributed by atoms with van der Waals surface area (Å²) < 4.78 is 24.9. The highest BCUT2D eigenvalue weighted by molar-refractivity contribution is 7.88. The van der Waals surface area contributed by atoms with E-state index in [2.05, 4.69) is 24.9 Å². The van der Waals surface area contributed by atoms with Gasteiger partial charge < -0.3 is 16.4 Å². The van der Waals surface area contributed by atoms with E-state index in [1.165, 1.54) is 23.0 Å². The average Bonchev–Trinajstić information content (AvgIpc) is 2.89. The molecule has 13 heteroatoms. The quantitative estimate of drug-likeness (QED) is 0.345. The van der Waals surface area contributed by atoms with E-state index in [4.69, 9.17) is 11.5 Å². The first-order chi connectivity index (χ1) is 18.2. The predicted octanol–water partition coefficient (Wildman–Crippen LogP) is 1.22. The van der Waals surface area contributed by atoms with Crippen molar-refractivity contribution in [2.75, 3.05) is 43.1 Å². The minimum Gasteiger partial charge on any atom is -0.386 e. The molecule has 1 aromatic carbocycles. The highest BCUT2D eigenvalue weighted by Gasteiger charge is 2.43. The zero-order chi connectivity index (χ0) is 26.9. The molecule has 1 amide bonds. The molecule has 0 bridgehead atoms. The number of hydrogen-bond acceptors (Lipinski definition) is 9. The molecule has 4 N–H and O–H groups in total. The molecule has 2 aliphatic rings. The summed E-state index contributed by atoms with van der Waals surface area (Å²) in [6.07, 6.45) is 10.0. The summed E-state index contributed by atoms with van der Waals surface area (Å²) in [7, 11) is -3.22. The number of hydrogen-bond donors (Lipinski definition) is 2. The Hall–Kier alpha value is -3.97. The Morgan fingerprint density at radius 3 is 2.11 bits per heavy atom. The van der Waals surface area contributed by atoms with Crippen molar-refractivity contribution < 1.29 is 13.2 Å². The van der Waals surface area contributed by atoms with Gasteiger partial charge in [0.1, 0.15) is 17.3 Å². The van der Waals surface area contributed by atoms with Gasteiger partial charge in [-0.05, 0) is 24.0 Å². The van der Waals surface area contributed by atoms with Crippen LogP contribution < -0.4 is 16.4 Å². The third-order valence-electron chi connectivity index (χ3n) is 7.25. The lowest BCUT2D eigenvalue weighted by molar-refractivity contribution is 0.0996. The van der Waals surface area contributed by atoms with Gasteiger partial charge in [-0.2, -0.15) is 9.30 Å². The molecule has 2 fully saturated rings. The number of aliphatic imine (C=N–C) groups is 1. The average molecular weight is 536 g/mol. The standard InChI is InChI=1S/C25H29N9O3S/c1-38(36,37)34-11-9-33(10-12-34)21-16-28-20(15-29-21)22(35)32-23(26)25(7-2-8-25)19-5-3-17(4-6-19)18-13-30-24(27)31-14-18/h3-6,13-16H,2,7-12H2,1H3,(H2,26,32,35)(H2,27,30,31). The Balaban J connectivity index is 1.28. The van der Waals surface area contributed by atoms with E-state index >= 15 is 0 Å². The van der Waals surface area contributed by atoms with Crippen molar-refractivity contribution in [1.82, 2.24) is 24.2 Å². The number of benzene rings is 1. The zero-order valence-corrected chi connectivity index (χ0v) is 21.8. The van der Waals surface area contributed by atoms with E-state index in [-0.39, 0.29) is 17.5 Å². The molecule has 1 saturated carbocycles. The lowest BCUT2D eigenvalue weighted by atomic mass is 9.63. The fraction of sp³-hybridized carbons (Fsp3) is 0.360. The van der Waals surface area contributed by atoms with Crippen molar-refractivity contribution in [3.8, 4) is 11.1 Å². The summed E-state index contributed by atoms with van der Waals surface area (Å²) >= 11 is 0. The van der Waals surface area contributed by atoms with Crippen molar-refractivity contribution in [3.05, 3.63) is 60.3 Å². The number of nitrogens with zero attached hydrogens (tertiary/aromatic N) is 7. The van der Waals surface area contributed by atoms with Crippen molar-refractivity contribution in [1.29, 1.82) is 0 Å². The van der Waals surface area contributed by atoms with Gasteiger partial charge in [0.05, 0.1) is 24.1 Å². The summed E-state index contributed by atoms with van der Waals surface area (Å²) in [6, 6.07) is 7.93. The van der Waals surface area contributed by atoms with Crippen molar-refractivity contribution >= 4 is 33.5 Å². The minimum absolute atomic E-state index is 0.0969. The summed E-state index contributed by atoms with van der Waals surface area (Å²) in [5.74, 6) is 0.512. The number of aromatic nitrogens is 4. The lowest BCUT2D eigenvalue weighted by Gasteiger charge is -2.41. The number of nitrogen functional groups attached to an aromatic ring is 1. The van der Waals surface area contributed by atoms with Crippen LogP contribution in [-0.2, 0) is 15.4 Å². The number of rotatable bonds is 6. The number of amidine groups is 1. The van der Waals surface area contributed by atoms with Crippen LogP contribution in [0.4, 0.5) is 11.8 Å². The van der Waals surface area contributed by atoms with Crippen molar-refractivity contribution in [2.45, 2.75) is 24.7 Å². The van der Waals surface area contributed by atoms with Crippen LogP contribution in [0.15, 0.2) is 54.0 Å². The van der Waals surface area contributed by atoms with Crippen LogP contribution in [0.3, 0.4) is 0 Å². The smallest absolute Gasteiger partial charge is 0.298 e. The summed E-state index contributed by atoms with van der Waals surface area (Å²) in [4.78, 5) is 35.8. The number of carbonyl (C=O) groups excluding carboxylic acids is 1. The van der Waals surface area contributed by atoms with Crippen molar-refractivity contribution in [3.63, 3.8) is 0 Å². The van der Waals surface area contributed by atoms with Gasteiger partial charge in [-0.15, -0.1) is 0 Å².